The molecule has 2 nitrogen and oxygen atoms in total. The first kappa shape index (κ1) is 10.7. The predicted octanol–water partition coefficient (Wildman–Crippen LogP) is 3.61. The summed E-state index contributed by atoms with van der Waals surface area (Å²) in [6.07, 6.45) is 16.1. The molecule has 0 N–H and O–H groups in total. The number of nitrogens with zero attached hydrogens (tertiary/aromatic N) is 2. The van der Waals surface area contributed by atoms with Gasteiger partial charge in [-0.2, -0.15) is 0 Å². The Morgan fingerprint density at radius 2 is 1.40 bits per heavy atom. The third-order valence-corrected chi connectivity index (χ3v) is 3.45. The Balaban J connectivity index is 1.84. The molecule has 1 radical (unpaired) electrons. The van der Waals surface area contributed by atoms with E-state index in [0.29, 0.717) is 5.92 Å². The van der Waals surface area contributed by atoms with Crippen LogP contribution in [-0.4, -0.2) is 5.84 Å². The molecule has 2 heteroatoms. The Kier molecular flexibility index (Phi) is 4.24. The van der Waals surface area contributed by atoms with Crippen molar-refractivity contribution >= 4 is 5.84 Å². The van der Waals surface area contributed by atoms with E-state index in [1.807, 2.05) is 12.4 Å². The fourth-order valence-electron chi connectivity index (χ4n) is 2.53. The van der Waals surface area contributed by atoms with Crippen molar-refractivity contribution in [1.29, 1.82) is 0 Å². The lowest BCUT2D eigenvalue weighted by atomic mass is 9.91. The maximum atomic E-state index is 4.36. The monoisotopic (exact) mass is 205 g/mol. The smallest absolute Gasteiger partial charge is 0.131 e. The molecule has 1 heterocycles. The average molecular weight is 205 g/mol. The number of hydrogen-bond acceptors (Lipinski definition) is 1. The zero-order valence-electron chi connectivity index (χ0n) is 9.49. The van der Waals surface area contributed by atoms with Crippen LogP contribution in [0.15, 0.2) is 17.4 Å². The van der Waals surface area contributed by atoms with Gasteiger partial charge in [0.2, 0.25) is 0 Å². The van der Waals surface area contributed by atoms with E-state index in [4.69, 9.17) is 0 Å². The molecule has 83 valence electrons. The van der Waals surface area contributed by atoms with Crippen molar-refractivity contribution in [3.8, 4) is 0 Å². The molecular formula is C13H21N2. The molecule has 1 saturated carbocycles. The standard InChI is InChI=1S/C13H21N2/c1-2-4-6-8-12(9-7-5-3-1)13-14-10-11-15-13/h10-12H,1-9H2. The van der Waals surface area contributed by atoms with Crippen LogP contribution in [0.3, 0.4) is 0 Å². The van der Waals surface area contributed by atoms with E-state index in [0.717, 1.165) is 5.84 Å². The highest BCUT2D eigenvalue weighted by Crippen LogP contribution is 2.23. The topological polar surface area (TPSA) is 26.5 Å². The normalized spacial score (nSPS) is 24.7. The fraction of sp³-hybridized carbons (Fsp3) is 0.769. The van der Waals surface area contributed by atoms with Gasteiger partial charge in [0.1, 0.15) is 5.84 Å². The van der Waals surface area contributed by atoms with E-state index in [1.54, 1.807) is 0 Å². The third kappa shape index (κ3) is 3.37. The molecular weight excluding hydrogens is 184 g/mol. The molecule has 0 atom stereocenters. The fourth-order valence-corrected chi connectivity index (χ4v) is 2.53. The van der Waals surface area contributed by atoms with Gasteiger partial charge in [-0.05, 0) is 12.8 Å². The molecule has 15 heavy (non-hydrogen) atoms. The molecule has 1 aliphatic heterocycles. The molecule has 0 amide bonds. The minimum Gasteiger partial charge on any atom is -0.240 e. The molecule has 0 saturated heterocycles. The van der Waals surface area contributed by atoms with E-state index >= 15 is 0 Å². The van der Waals surface area contributed by atoms with Crippen LogP contribution in [0.25, 0.3) is 0 Å². The van der Waals surface area contributed by atoms with Crippen molar-refractivity contribution in [3.05, 3.63) is 12.4 Å². The number of aliphatic imine (C=N–C) groups is 1. The summed E-state index contributed by atoms with van der Waals surface area (Å²) >= 11 is 0. The summed E-state index contributed by atoms with van der Waals surface area (Å²) in [5.74, 6) is 1.73. The summed E-state index contributed by atoms with van der Waals surface area (Å²) in [5.41, 5.74) is 0. The molecule has 1 fully saturated rings. The van der Waals surface area contributed by atoms with Crippen LogP contribution in [0.5, 0.6) is 0 Å². The first-order chi connectivity index (χ1) is 7.47. The van der Waals surface area contributed by atoms with Gasteiger partial charge in [0.05, 0.1) is 0 Å². The van der Waals surface area contributed by atoms with Crippen molar-refractivity contribution in [2.24, 2.45) is 10.9 Å². The lowest BCUT2D eigenvalue weighted by molar-refractivity contribution is 0.456. The van der Waals surface area contributed by atoms with E-state index in [2.05, 4.69) is 10.3 Å². The van der Waals surface area contributed by atoms with Gasteiger partial charge in [0.25, 0.3) is 0 Å². The van der Waals surface area contributed by atoms with Crippen LogP contribution in [0.2, 0.25) is 0 Å². The Labute approximate surface area is 92.9 Å². The van der Waals surface area contributed by atoms with Crippen LogP contribution >= 0.6 is 0 Å². The molecule has 0 aromatic carbocycles. The summed E-state index contributed by atoms with van der Waals surface area (Å²) in [6.45, 7) is 0. The van der Waals surface area contributed by atoms with Gasteiger partial charge in [-0.25, -0.2) is 10.3 Å². The van der Waals surface area contributed by atoms with Gasteiger partial charge in [-0.15, -0.1) is 0 Å². The zero-order valence-corrected chi connectivity index (χ0v) is 9.49. The van der Waals surface area contributed by atoms with Crippen LogP contribution < -0.4 is 5.32 Å². The lowest BCUT2D eigenvalue weighted by Gasteiger charge is -2.17. The molecule has 0 aromatic rings. The summed E-state index contributed by atoms with van der Waals surface area (Å²) < 4.78 is 0. The van der Waals surface area contributed by atoms with Crippen molar-refractivity contribution in [2.45, 2.75) is 57.8 Å². The van der Waals surface area contributed by atoms with Crippen molar-refractivity contribution in [2.75, 3.05) is 0 Å². The average Bonchev–Trinajstić information content (AvgIpc) is 2.79. The minimum atomic E-state index is 0.637. The van der Waals surface area contributed by atoms with Gasteiger partial charge < -0.3 is 0 Å². The molecule has 2 rings (SSSR count). The highest BCUT2D eigenvalue weighted by molar-refractivity contribution is 5.87. The van der Waals surface area contributed by atoms with Gasteiger partial charge >= 0.3 is 0 Å². The van der Waals surface area contributed by atoms with Gasteiger partial charge in [-0.3, -0.25) is 0 Å². The van der Waals surface area contributed by atoms with Crippen molar-refractivity contribution < 1.29 is 0 Å². The molecule has 1 aliphatic carbocycles. The summed E-state index contributed by atoms with van der Waals surface area (Å²) in [5, 5.41) is 4.36. The molecule has 0 bridgehead atoms. The highest BCUT2D eigenvalue weighted by Gasteiger charge is 2.18. The Bertz CT molecular complexity index is 233. The number of hydrogen-bond donors (Lipinski definition) is 0. The van der Waals surface area contributed by atoms with Gasteiger partial charge in [0, 0.05) is 18.3 Å². The molecule has 0 spiro atoms. The zero-order chi connectivity index (χ0) is 10.3. The van der Waals surface area contributed by atoms with Crippen LogP contribution in [0.4, 0.5) is 0 Å². The van der Waals surface area contributed by atoms with Crippen LogP contribution in [-0.2, 0) is 0 Å². The summed E-state index contributed by atoms with van der Waals surface area (Å²) in [7, 11) is 0. The predicted molar refractivity (Wildman–Crippen MR) is 63.8 cm³/mol. The summed E-state index contributed by atoms with van der Waals surface area (Å²) in [4.78, 5) is 4.36. The Hall–Kier alpha value is -0.790. The van der Waals surface area contributed by atoms with Crippen LogP contribution in [0.1, 0.15) is 57.8 Å². The van der Waals surface area contributed by atoms with E-state index in [-0.39, 0.29) is 0 Å². The van der Waals surface area contributed by atoms with Crippen molar-refractivity contribution in [3.63, 3.8) is 0 Å². The Morgan fingerprint density at radius 3 is 1.93 bits per heavy atom. The minimum absolute atomic E-state index is 0.637. The summed E-state index contributed by atoms with van der Waals surface area (Å²) in [6, 6.07) is 0. The van der Waals surface area contributed by atoms with Gasteiger partial charge in [-0.1, -0.05) is 44.9 Å². The van der Waals surface area contributed by atoms with Crippen molar-refractivity contribution in [1.82, 2.24) is 5.32 Å². The van der Waals surface area contributed by atoms with E-state index in [1.165, 1.54) is 57.8 Å². The largest absolute Gasteiger partial charge is 0.240 e. The maximum absolute atomic E-state index is 4.36. The first-order valence-corrected chi connectivity index (χ1v) is 6.40. The second kappa shape index (κ2) is 5.94. The molecule has 2 aliphatic rings. The second-order valence-electron chi connectivity index (χ2n) is 4.66. The highest BCUT2D eigenvalue weighted by atomic mass is 15.0. The maximum Gasteiger partial charge on any atom is 0.131 e. The van der Waals surface area contributed by atoms with Crippen LogP contribution in [0, 0.1) is 5.92 Å². The number of amidine groups is 1. The Morgan fingerprint density at radius 1 is 0.800 bits per heavy atom. The third-order valence-electron chi connectivity index (χ3n) is 3.45. The van der Waals surface area contributed by atoms with E-state index < -0.39 is 0 Å². The SMILES string of the molecule is C1=CN=C(C2CCCCCCCCC2)[N]1. The number of rotatable bonds is 1. The second-order valence-corrected chi connectivity index (χ2v) is 4.66. The molecule has 0 aromatic heterocycles. The van der Waals surface area contributed by atoms with E-state index in [9.17, 15) is 0 Å². The first-order valence-electron chi connectivity index (χ1n) is 6.40. The van der Waals surface area contributed by atoms with Gasteiger partial charge in [0.15, 0.2) is 0 Å². The lowest BCUT2D eigenvalue weighted by Crippen LogP contribution is -2.20. The quantitative estimate of drug-likeness (QED) is 0.625. The molecule has 0 unspecified atom stereocenters.